The summed E-state index contributed by atoms with van der Waals surface area (Å²) >= 11 is 0. The SMILES string of the molecule is CNC(C)Cc1noc(CNC(=O)c2ccc(OC)cc2)n1. The molecule has 2 rings (SSSR count). The fourth-order valence-corrected chi connectivity index (χ4v) is 1.82. The fourth-order valence-electron chi connectivity index (χ4n) is 1.82. The molecule has 1 aromatic carbocycles. The van der Waals surface area contributed by atoms with E-state index in [1.807, 2.05) is 14.0 Å². The van der Waals surface area contributed by atoms with E-state index < -0.39 is 0 Å². The zero-order chi connectivity index (χ0) is 15.9. The number of rotatable bonds is 7. The molecule has 0 aliphatic carbocycles. The van der Waals surface area contributed by atoms with Crippen molar-refractivity contribution in [3.8, 4) is 5.75 Å². The van der Waals surface area contributed by atoms with E-state index in [1.165, 1.54) is 0 Å². The van der Waals surface area contributed by atoms with Crippen molar-refractivity contribution in [3.63, 3.8) is 0 Å². The zero-order valence-electron chi connectivity index (χ0n) is 12.9. The number of benzene rings is 1. The third-order valence-electron chi connectivity index (χ3n) is 3.24. The normalized spacial score (nSPS) is 12.0. The van der Waals surface area contributed by atoms with E-state index in [2.05, 4.69) is 20.8 Å². The number of amides is 1. The molecule has 0 radical (unpaired) electrons. The van der Waals surface area contributed by atoms with Crippen LogP contribution < -0.4 is 15.4 Å². The van der Waals surface area contributed by atoms with Gasteiger partial charge in [-0.3, -0.25) is 4.79 Å². The van der Waals surface area contributed by atoms with E-state index in [4.69, 9.17) is 9.26 Å². The molecule has 2 N–H and O–H groups in total. The first-order valence-corrected chi connectivity index (χ1v) is 7.03. The minimum atomic E-state index is -0.203. The Hall–Kier alpha value is -2.41. The Bertz CT molecular complexity index is 610. The van der Waals surface area contributed by atoms with Gasteiger partial charge in [0.2, 0.25) is 5.89 Å². The molecule has 0 spiro atoms. The predicted octanol–water partition coefficient (Wildman–Crippen LogP) is 1.16. The van der Waals surface area contributed by atoms with Crippen LogP contribution in [0.15, 0.2) is 28.8 Å². The molecule has 0 fully saturated rings. The van der Waals surface area contributed by atoms with Crippen LogP contribution in [0.2, 0.25) is 0 Å². The van der Waals surface area contributed by atoms with E-state index in [0.29, 0.717) is 29.4 Å². The molecular formula is C15H20N4O3. The third kappa shape index (κ3) is 4.29. The Balaban J connectivity index is 1.87. The quantitative estimate of drug-likeness (QED) is 0.798. The molecule has 1 atom stereocenters. The molecule has 1 amide bonds. The molecule has 0 saturated heterocycles. The van der Waals surface area contributed by atoms with Crippen LogP contribution in [0, 0.1) is 0 Å². The summed E-state index contributed by atoms with van der Waals surface area (Å²) in [4.78, 5) is 16.2. The summed E-state index contributed by atoms with van der Waals surface area (Å²) < 4.78 is 10.2. The van der Waals surface area contributed by atoms with Gasteiger partial charge in [-0.2, -0.15) is 4.98 Å². The van der Waals surface area contributed by atoms with Crippen molar-refractivity contribution in [1.29, 1.82) is 0 Å². The summed E-state index contributed by atoms with van der Waals surface area (Å²) in [7, 11) is 3.46. The number of carbonyl (C=O) groups excluding carboxylic acids is 1. The van der Waals surface area contributed by atoms with Gasteiger partial charge < -0.3 is 19.9 Å². The van der Waals surface area contributed by atoms with Crippen LogP contribution in [0.3, 0.4) is 0 Å². The van der Waals surface area contributed by atoms with E-state index in [9.17, 15) is 4.79 Å². The number of ether oxygens (including phenoxy) is 1. The molecular weight excluding hydrogens is 284 g/mol. The highest BCUT2D eigenvalue weighted by Gasteiger charge is 2.11. The molecule has 22 heavy (non-hydrogen) atoms. The Morgan fingerprint density at radius 2 is 2.09 bits per heavy atom. The average molecular weight is 304 g/mol. The summed E-state index contributed by atoms with van der Waals surface area (Å²) in [5.74, 6) is 1.51. The number of methoxy groups -OCH3 is 1. The van der Waals surface area contributed by atoms with E-state index in [-0.39, 0.29) is 18.5 Å². The van der Waals surface area contributed by atoms with Gasteiger partial charge in [0.15, 0.2) is 5.82 Å². The zero-order valence-corrected chi connectivity index (χ0v) is 12.9. The lowest BCUT2D eigenvalue weighted by Gasteiger charge is -2.05. The lowest BCUT2D eigenvalue weighted by Crippen LogP contribution is -2.24. The van der Waals surface area contributed by atoms with Gasteiger partial charge in [0, 0.05) is 18.0 Å². The van der Waals surface area contributed by atoms with Gasteiger partial charge in [-0.05, 0) is 38.2 Å². The lowest BCUT2D eigenvalue weighted by molar-refractivity contribution is 0.0946. The van der Waals surface area contributed by atoms with Crippen LogP contribution in [0.25, 0.3) is 0 Å². The summed E-state index contributed by atoms with van der Waals surface area (Å²) in [6.45, 7) is 2.23. The molecule has 1 aromatic heterocycles. The van der Waals surface area contributed by atoms with Crippen molar-refractivity contribution >= 4 is 5.91 Å². The molecule has 0 bridgehead atoms. The number of nitrogens with one attached hydrogen (secondary N) is 2. The summed E-state index contributed by atoms with van der Waals surface area (Å²) in [6.07, 6.45) is 0.673. The number of nitrogens with zero attached hydrogens (tertiary/aromatic N) is 2. The van der Waals surface area contributed by atoms with Crippen LogP contribution in [-0.4, -0.2) is 36.2 Å². The number of aromatic nitrogens is 2. The topological polar surface area (TPSA) is 89.3 Å². The van der Waals surface area contributed by atoms with Crippen LogP contribution >= 0.6 is 0 Å². The largest absolute Gasteiger partial charge is 0.497 e. The van der Waals surface area contributed by atoms with Gasteiger partial charge in [-0.15, -0.1) is 0 Å². The lowest BCUT2D eigenvalue weighted by atomic mass is 10.2. The molecule has 0 aliphatic rings. The molecule has 118 valence electrons. The maximum atomic E-state index is 12.0. The van der Waals surface area contributed by atoms with Crippen molar-refractivity contribution in [2.24, 2.45) is 0 Å². The second-order valence-electron chi connectivity index (χ2n) is 4.91. The first-order valence-electron chi connectivity index (χ1n) is 7.03. The van der Waals surface area contributed by atoms with Gasteiger partial charge in [0.1, 0.15) is 5.75 Å². The Morgan fingerprint density at radius 3 is 2.73 bits per heavy atom. The van der Waals surface area contributed by atoms with Crippen molar-refractivity contribution in [3.05, 3.63) is 41.5 Å². The first kappa shape index (κ1) is 16.0. The standard InChI is InChI=1S/C15H20N4O3/c1-10(16-2)8-13-18-14(22-19-13)9-17-15(20)11-4-6-12(21-3)7-5-11/h4-7,10,16H,8-9H2,1-3H3,(H,17,20). The Morgan fingerprint density at radius 1 is 1.36 bits per heavy atom. The first-order chi connectivity index (χ1) is 10.6. The van der Waals surface area contributed by atoms with Crippen molar-refractivity contribution in [2.45, 2.75) is 25.9 Å². The van der Waals surface area contributed by atoms with Crippen LogP contribution in [0.4, 0.5) is 0 Å². The molecule has 0 saturated carbocycles. The van der Waals surface area contributed by atoms with Crippen molar-refractivity contribution in [1.82, 2.24) is 20.8 Å². The van der Waals surface area contributed by atoms with Crippen molar-refractivity contribution < 1.29 is 14.1 Å². The van der Waals surface area contributed by atoms with E-state index >= 15 is 0 Å². The molecule has 2 aromatic rings. The Kier molecular flexibility index (Phi) is 5.48. The van der Waals surface area contributed by atoms with Crippen molar-refractivity contribution in [2.75, 3.05) is 14.2 Å². The summed E-state index contributed by atoms with van der Waals surface area (Å²) in [6, 6.07) is 7.13. The van der Waals surface area contributed by atoms with E-state index in [1.54, 1.807) is 31.4 Å². The molecule has 7 nitrogen and oxygen atoms in total. The highest BCUT2D eigenvalue weighted by atomic mass is 16.5. The fraction of sp³-hybridized carbons (Fsp3) is 0.400. The third-order valence-corrected chi connectivity index (χ3v) is 3.24. The number of hydrogen-bond acceptors (Lipinski definition) is 6. The molecule has 1 heterocycles. The molecule has 1 unspecified atom stereocenters. The molecule has 7 heteroatoms. The molecule has 0 aliphatic heterocycles. The minimum Gasteiger partial charge on any atom is -0.497 e. The minimum absolute atomic E-state index is 0.200. The second-order valence-corrected chi connectivity index (χ2v) is 4.91. The number of hydrogen-bond donors (Lipinski definition) is 2. The van der Waals surface area contributed by atoms with Gasteiger partial charge >= 0.3 is 0 Å². The van der Waals surface area contributed by atoms with Gasteiger partial charge in [-0.25, -0.2) is 0 Å². The number of likely N-dealkylation sites (N-methyl/N-ethyl adjacent to an activating group) is 1. The van der Waals surface area contributed by atoms with Gasteiger partial charge in [0.05, 0.1) is 13.7 Å². The summed E-state index contributed by atoms with van der Waals surface area (Å²) in [5.41, 5.74) is 0.546. The van der Waals surface area contributed by atoms with Gasteiger partial charge in [-0.1, -0.05) is 5.16 Å². The second kappa shape index (κ2) is 7.56. The number of carbonyl (C=O) groups is 1. The van der Waals surface area contributed by atoms with E-state index in [0.717, 1.165) is 0 Å². The smallest absolute Gasteiger partial charge is 0.251 e. The van der Waals surface area contributed by atoms with Crippen LogP contribution in [0.5, 0.6) is 5.75 Å². The maximum Gasteiger partial charge on any atom is 0.251 e. The maximum absolute atomic E-state index is 12.0. The highest BCUT2D eigenvalue weighted by Crippen LogP contribution is 2.11. The monoisotopic (exact) mass is 304 g/mol. The van der Waals surface area contributed by atoms with Crippen LogP contribution in [0.1, 0.15) is 29.0 Å². The summed E-state index contributed by atoms with van der Waals surface area (Å²) in [5, 5.41) is 9.73. The van der Waals surface area contributed by atoms with Gasteiger partial charge in [0.25, 0.3) is 5.91 Å². The predicted molar refractivity (Wildman–Crippen MR) is 80.7 cm³/mol. The highest BCUT2D eigenvalue weighted by molar-refractivity contribution is 5.94. The average Bonchev–Trinajstić information content (AvgIpc) is 3.00. The van der Waals surface area contributed by atoms with Crippen LogP contribution in [-0.2, 0) is 13.0 Å². The Labute approximate surface area is 129 Å².